The fourth-order valence-electron chi connectivity index (χ4n) is 1.27. The molecule has 15 heavy (non-hydrogen) atoms. The molecule has 6 heteroatoms. The van der Waals surface area contributed by atoms with Crippen LogP contribution in [-0.4, -0.2) is 47.7 Å². The Morgan fingerprint density at radius 1 is 1.60 bits per heavy atom. The number of nitrogens with one attached hydrogen (secondary N) is 1. The van der Waals surface area contributed by atoms with Gasteiger partial charge in [0.15, 0.2) is 0 Å². The zero-order chi connectivity index (χ0) is 11.4. The largest absolute Gasteiger partial charge is 0.359 e. The number of carbonyl (C=O) groups is 3. The van der Waals surface area contributed by atoms with Gasteiger partial charge in [-0.2, -0.15) is 0 Å². The van der Waals surface area contributed by atoms with Gasteiger partial charge in [-0.3, -0.25) is 19.3 Å². The third-order valence-electron chi connectivity index (χ3n) is 2.27. The third-order valence-corrected chi connectivity index (χ3v) is 3.48. The quantitative estimate of drug-likeness (QED) is 0.668. The fraction of sp³-hybridized carbons (Fsp3) is 0.667. The second kappa shape index (κ2) is 5.16. The summed E-state index contributed by atoms with van der Waals surface area (Å²) in [5.41, 5.74) is 0. The van der Waals surface area contributed by atoms with Gasteiger partial charge >= 0.3 is 0 Å². The Morgan fingerprint density at radius 2 is 2.27 bits per heavy atom. The van der Waals surface area contributed by atoms with E-state index in [1.54, 1.807) is 7.05 Å². The Balaban J connectivity index is 2.32. The number of amides is 3. The highest BCUT2D eigenvalue weighted by molar-refractivity contribution is 8.00. The van der Waals surface area contributed by atoms with Gasteiger partial charge in [0.05, 0.1) is 5.25 Å². The molecule has 0 spiro atoms. The first-order valence-corrected chi connectivity index (χ1v) is 5.73. The summed E-state index contributed by atoms with van der Waals surface area (Å²) in [6.07, 6.45) is 0.636. The average Bonchev–Trinajstić information content (AvgIpc) is 2.46. The van der Waals surface area contributed by atoms with Gasteiger partial charge in [0.2, 0.25) is 17.7 Å². The molecular formula is C9H14N2O3S. The highest BCUT2D eigenvalue weighted by atomic mass is 32.2. The number of likely N-dealkylation sites (tertiary alicyclic amines) is 1. The number of hydrogen-bond acceptors (Lipinski definition) is 4. The van der Waals surface area contributed by atoms with Crippen LogP contribution in [0, 0.1) is 0 Å². The maximum absolute atomic E-state index is 11.4. The van der Waals surface area contributed by atoms with E-state index in [0.717, 1.165) is 4.90 Å². The van der Waals surface area contributed by atoms with Crippen LogP contribution in [0.4, 0.5) is 0 Å². The lowest BCUT2D eigenvalue weighted by Crippen LogP contribution is -2.27. The van der Waals surface area contributed by atoms with Crippen molar-refractivity contribution in [2.24, 2.45) is 0 Å². The summed E-state index contributed by atoms with van der Waals surface area (Å²) in [4.78, 5) is 34.7. The Hall–Kier alpha value is -1.04. The molecule has 1 saturated heterocycles. The summed E-state index contributed by atoms with van der Waals surface area (Å²) >= 11 is 1.37. The SMILES string of the molecule is CNC(=O)CCSC1CC(=O)N(C)C1=O. The molecule has 84 valence electrons. The van der Waals surface area contributed by atoms with Crippen LogP contribution >= 0.6 is 11.8 Å². The second-order valence-corrected chi connectivity index (χ2v) is 4.59. The van der Waals surface area contributed by atoms with E-state index in [1.165, 1.54) is 18.8 Å². The van der Waals surface area contributed by atoms with Crippen LogP contribution in [-0.2, 0) is 14.4 Å². The van der Waals surface area contributed by atoms with Gasteiger partial charge in [0.1, 0.15) is 0 Å². The molecule has 5 nitrogen and oxygen atoms in total. The lowest BCUT2D eigenvalue weighted by atomic mass is 10.4. The molecule has 0 saturated carbocycles. The highest BCUT2D eigenvalue weighted by Crippen LogP contribution is 2.24. The zero-order valence-corrected chi connectivity index (χ0v) is 9.60. The first-order valence-electron chi connectivity index (χ1n) is 4.69. The standard InChI is InChI=1S/C9H14N2O3S/c1-10-7(12)3-4-15-6-5-8(13)11(2)9(6)14/h6H,3-5H2,1-2H3,(H,10,12). The Kier molecular flexibility index (Phi) is 4.14. The lowest BCUT2D eigenvalue weighted by Gasteiger charge is -2.07. The van der Waals surface area contributed by atoms with Crippen LogP contribution in [0.5, 0.6) is 0 Å². The van der Waals surface area contributed by atoms with Crippen molar-refractivity contribution in [3.8, 4) is 0 Å². The maximum atomic E-state index is 11.4. The van der Waals surface area contributed by atoms with E-state index in [1.807, 2.05) is 0 Å². The van der Waals surface area contributed by atoms with Crippen LogP contribution < -0.4 is 5.32 Å². The zero-order valence-electron chi connectivity index (χ0n) is 8.78. The van der Waals surface area contributed by atoms with Crippen molar-refractivity contribution in [3.63, 3.8) is 0 Å². The highest BCUT2D eigenvalue weighted by Gasteiger charge is 2.35. The van der Waals surface area contributed by atoms with Crippen molar-refractivity contribution in [1.82, 2.24) is 10.2 Å². The monoisotopic (exact) mass is 230 g/mol. The summed E-state index contributed by atoms with van der Waals surface area (Å²) in [6.45, 7) is 0. The Morgan fingerprint density at radius 3 is 2.73 bits per heavy atom. The number of hydrogen-bond donors (Lipinski definition) is 1. The molecule has 1 aliphatic rings. The minimum absolute atomic E-state index is 0.0485. The maximum Gasteiger partial charge on any atom is 0.242 e. The molecule has 1 atom stereocenters. The Labute approximate surface area is 92.6 Å². The van der Waals surface area contributed by atoms with E-state index in [0.29, 0.717) is 12.2 Å². The molecule has 0 radical (unpaired) electrons. The molecule has 0 aromatic rings. The summed E-state index contributed by atoms with van der Waals surface area (Å²) in [6, 6.07) is 0. The van der Waals surface area contributed by atoms with Crippen LogP contribution in [0.25, 0.3) is 0 Å². The van der Waals surface area contributed by atoms with Crippen molar-refractivity contribution >= 4 is 29.5 Å². The molecule has 1 N–H and O–H groups in total. The number of imide groups is 1. The normalized spacial score (nSPS) is 20.9. The van der Waals surface area contributed by atoms with Gasteiger partial charge < -0.3 is 5.32 Å². The van der Waals surface area contributed by atoms with Crippen LogP contribution in [0.15, 0.2) is 0 Å². The lowest BCUT2D eigenvalue weighted by molar-refractivity contribution is -0.136. The van der Waals surface area contributed by atoms with E-state index in [2.05, 4.69) is 5.32 Å². The minimum atomic E-state index is -0.299. The van der Waals surface area contributed by atoms with E-state index < -0.39 is 0 Å². The van der Waals surface area contributed by atoms with E-state index in [9.17, 15) is 14.4 Å². The van der Waals surface area contributed by atoms with E-state index in [4.69, 9.17) is 0 Å². The average molecular weight is 230 g/mol. The summed E-state index contributed by atoms with van der Waals surface area (Å²) in [7, 11) is 3.06. The molecule has 1 rings (SSSR count). The number of nitrogens with zero attached hydrogens (tertiary/aromatic N) is 1. The molecule has 0 bridgehead atoms. The molecule has 0 aliphatic carbocycles. The predicted molar refractivity (Wildman–Crippen MR) is 57.3 cm³/mol. The fourth-order valence-corrected chi connectivity index (χ4v) is 2.42. The first kappa shape index (κ1) is 12.0. The topological polar surface area (TPSA) is 66.5 Å². The molecule has 1 fully saturated rings. The van der Waals surface area contributed by atoms with Crippen LogP contribution in [0.1, 0.15) is 12.8 Å². The van der Waals surface area contributed by atoms with Crippen LogP contribution in [0.2, 0.25) is 0 Å². The number of carbonyl (C=O) groups excluding carboxylic acids is 3. The van der Waals surface area contributed by atoms with Crippen molar-refractivity contribution in [2.45, 2.75) is 18.1 Å². The molecule has 0 aromatic heterocycles. The third kappa shape index (κ3) is 2.95. The van der Waals surface area contributed by atoms with Gasteiger partial charge in [-0.15, -0.1) is 11.8 Å². The number of rotatable bonds is 4. The summed E-state index contributed by atoms with van der Waals surface area (Å²) in [5.74, 6) is 0.226. The number of thioether (sulfide) groups is 1. The van der Waals surface area contributed by atoms with Crippen molar-refractivity contribution in [3.05, 3.63) is 0 Å². The van der Waals surface area contributed by atoms with E-state index in [-0.39, 0.29) is 29.4 Å². The van der Waals surface area contributed by atoms with Gasteiger partial charge in [-0.25, -0.2) is 0 Å². The van der Waals surface area contributed by atoms with Gasteiger partial charge in [0.25, 0.3) is 0 Å². The predicted octanol–water partition coefficient (Wildman–Crippen LogP) is -0.387. The van der Waals surface area contributed by atoms with Gasteiger partial charge in [0, 0.05) is 32.7 Å². The first-order chi connectivity index (χ1) is 7.06. The molecular weight excluding hydrogens is 216 g/mol. The van der Waals surface area contributed by atoms with Gasteiger partial charge in [-0.1, -0.05) is 0 Å². The minimum Gasteiger partial charge on any atom is -0.359 e. The van der Waals surface area contributed by atoms with Crippen molar-refractivity contribution in [2.75, 3.05) is 19.8 Å². The molecule has 1 heterocycles. The van der Waals surface area contributed by atoms with Crippen molar-refractivity contribution < 1.29 is 14.4 Å². The smallest absolute Gasteiger partial charge is 0.242 e. The molecule has 0 aromatic carbocycles. The molecule has 3 amide bonds. The van der Waals surface area contributed by atoms with Crippen molar-refractivity contribution in [1.29, 1.82) is 0 Å². The summed E-state index contributed by atoms with van der Waals surface area (Å²) in [5, 5.41) is 2.21. The van der Waals surface area contributed by atoms with Gasteiger partial charge in [-0.05, 0) is 0 Å². The Bertz CT molecular complexity index is 293. The van der Waals surface area contributed by atoms with Crippen LogP contribution in [0.3, 0.4) is 0 Å². The van der Waals surface area contributed by atoms with E-state index >= 15 is 0 Å². The summed E-state index contributed by atoms with van der Waals surface area (Å²) < 4.78 is 0. The molecule has 1 aliphatic heterocycles. The molecule has 1 unspecified atom stereocenters. The second-order valence-electron chi connectivity index (χ2n) is 3.28.